The number of rotatable bonds is 10. The van der Waals surface area contributed by atoms with Crippen molar-refractivity contribution < 1.29 is 14.4 Å². The van der Waals surface area contributed by atoms with Gasteiger partial charge in [-0.1, -0.05) is 18.1 Å². The summed E-state index contributed by atoms with van der Waals surface area (Å²) in [6.45, 7) is 2.71. The van der Waals surface area contributed by atoms with E-state index in [1.165, 1.54) is 0 Å². The summed E-state index contributed by atoms with van der Waals surface area (Å²) in [4.78, 5) is 19.1. The van der Waals surface area contributed by atoms with Crippen LogP contribution in [0.1, 0.15) is 37.9 Å². The first-order valence-corrected chi connectivity index (χ1v) is 7.81. The predicted molar refractivity (Wildman–Crippen MR) is 85.1 cm³/mol. The van der Waals surface area contributed by atoms with Crippen molar-refractivity contribution in [2.45, 2.75) is 39.0 Å². The highest BCUT2D eigenvalue weighted by Crippen LogP contribution is 2.11. The summed E-state index contributed by atoms with van der Waals surface area (Å²) in [6.07, 6.45) is 5.05. The third-order valence-electron chi connectivity index (χ3n) is 3.35. The van der Waals surface area contributed by atoms with Crippen molar-refractivity contribution in [1.29, 1.82) is 0 Å². The molecule has 2 aromatic heterocycles. The second kappa shape index (κ2) is 8.87. The van der Waals surface area contributed by atoms with Gasteiger partial charge in [0.2, 0.25) is 5.89 Å². The number of aryl methyl sites for hydroxylation is 1. The minimum Gasteiger partial charge on any atom is -0.481 e. The number of anilines is 1. The highest BCUT2D eigenvalue weighted by molar-refractivity contribution is 5.66. The topological polar surface area (TPSA) is 101 Å². The summed E-state index contributed by atoms with van der Waals surface area (Å²) in [5, 5.41) is 15.9. The number of hydrogen-bond acceptors (Lipinski definition) is 6. The molecule has 0 saturated heterocycles. The predicted octanol–water partition coefficient (Wildman–Crippen LogP) is 2.55. The number of carbonyl (C=O) groups is 1. The molecule has 1 atom stereocenters. The van der Waals surface area contributed by atoms with Gasteiger partial charge in [-0.15, -0.1) is 0 Å². The van der Waals surface area contributed by atoms with Crippen molar-refractivity contribution in [3.05, 3.63) is 36.1 Å². The van der Waals surface area contributed by atoms with Gasteiger partial charge >= 0.3 is 5.97 Å². The minimum atomic E-state index is -0.808. The molecule has 0 aliphatic carbocycles. The molecule has 2 rings (SSSR count). The number of aliphatic carboxylic acids is 1. The molecule has 1 unspecified atom stereocenters. The highest BCUT2D eigenvalue weighted by atomic mass is 16.5. The van der Waals surface area contributed by atoms with E-state index in [-0.39, 0.29) is 12.3 Å². The van der Waals surface area contributed by atoms with Gasteiger partial charge in [0.25, 0.3) is 0 Å². The lowest BCUT2D eigenvalue weighted by atomic mass is 10.0. The first-order chi connectivity index (χ1) is 11.1. The number of pyridine rings is 1. The second-order valence-corrected chi connectivity index (χ2v) is 5.61. The third-order valence-corrected chi connectivity index (χ3v) is 3.35. The summed E-state index contributed by atoms with van der Waals surface area (Å²) in [5.74, 6) is 1.25. The fourth-order valence-corrected chi connectivity index (χ4v) is 2.23. The zero-order valence-electron chi connectivity index (χ0n) is 13.2. The van der Waals surface area contributed by atoms with Crippen LogP contribution in [0.25, 0.3) is 0 Å². The molecule has 124 valence electrons. The first-order valence-electron chi connectivity index (χ1n) is 7.81. The fourth-order valence-electron chi connectivity index (χ4n) is 2.23. The largest absolute Gasteiger partial charge is 0.481 e. The lowest BCUT2D eigenvalue weighted by Gasteiger charge is -2.03. The Hall–Kier alpha value is -2.44. The maximum Gasteiger partial charge on any atom is 0.303 e. The van der Waals surface area contributed by atoms with E-state index in [0.717, 1.165) is 31.6 Å². The minimum absolute atomic E-state index is 0.0108. The normalized spacial score (nSPS) is 12.0. The van der Waals surface area contributed by atoms with Crippen LogP contribution >= 0.6 is 0 Å². The second-order valence-electron chi connectivity index (χ2n) is 5.61. The van der Waals surface area contributed by atoms with Gasteiger partial charge in [-0.2, -0.15) is 4.98 Å². The van der Waals surface area contributed by atoms with Gasteiger partial charge in [-0.3, -0.25) is 4.79 Å². The van der Waals surface area contributed by atoms with Gasteiger partial charge < -0.3 is 14.9 Å². The number of unbranched alkanes of at least 4 members (excludes halogenated alkanes) is 1. The summed E-state index contributed by atoms with van der Waals surface area (Å²) in [6, 6.07) is 5.77. The summed E-state index contributed by atoms with van der Waals surface area (Å²) < 4.78 is 5.16. The number of carboxylic acid groups (broad SMARTS) is 1. The van der Waals surface area contributed by atoms with E-state index < -0.39 is 5.97 Å². The molecule has 7 heteroatoms. The third kappa shape index (κ3) is 6.46. The lowest BCUT2D eigenvalue weighted by molar-refractivity contribution is -0.137. The quantitative estimate of drug-likeness (QED) is 0.649. The Kier molecular flexibility index (Phi) is 6.53. The SMILES string of the molecule is CC(CC(=O)O)Cc1nc(CCCCNc2ccccn2)no1. The first kappa shape index (κ1) is 16.9. The van der Waals surface area contributed by atoms with E-state index in [9.17, 15) is 4.79 Å². The van der Waals surface area contributed by atoms with Gasteiger partial charge in [-0.25, -0.2) is 4.98 Å². The van der Waals surface area contributed by atoms with Crippen LogP contribution in [0.4, 0.5) is 5.82 Å². The molecule has 2 N–H and O–H groups in total. The number of nitrogens with zero attached hydrogens (tertiary/aromatic N) is 3. The smallest absolute Gasteiger partial charge is 0.303 e. The molecule has 0 aromatic carbocycles. The van der Waals surface area contributed by atoms with Crippen molar-refractivity contribution >= 4 is 11.8 Å². The number of aromatic nitrogens is 3. The van der Waals surface area contributed by atoms with Crippen LogP contribution in [0, 0.1) is 5.92 Å². The summed E-state index contributed by atoms with van der Waals surface area (Å²) >= 11 is 0. The molecule has 0 spiro atoms. The van der Waals surface area contributed by atoms with Crippen LogP contribution in [0.2, 0.25) is 0 Å². The Morgan fingerprint density at radius 2 is 2.26 bits per heavy atom. The van der Waals surface area contributed by atoms with Gasteiger partial charge in [0, 0.05) is 32.0 Å². The van der Waals surface area contributed by atoms with E-state index in [0.29, 0.717) is 18.1 Å². The zero-order valence-corrected chi connectivity index (χ0v) is 13.2. The van der Waals surface area contributed by atoms with Crippen LogP contribution in [-0.2, 0) is 17.6 Å². The highest BCUT2D eigenvalue weighted by Gasteiger charge is 2.13. The molecule has 0 bridgehead atoms. The van der Waals surface area contributed by atoms with Crippen LogP contribution in [0.15, 0.2) is 28.9 Å². The molecule has 2 heterocycles. The zero-order chi connectivity index (χ0) is 16.5. The monoisotopic (exact) mass is 318 g/mol. The molecular formula is C16H22N4O3. The van der Waals surface area contributed by atoms with Gasteiger partial charge in [0.05, 0.1) is 0 Å². The average Bonchev–Trinajstić information content (AvgIpc) is 2.94. The van der Waals surface area contributed by atoms with Crippen molar-refractivity contribution in [3.63, 3.8) is 0 Å². The van der Waals surface area contributed by atoms with Gasteiger partial charge in [-0.05, 0) is 30.9 Å². The Balaban J connectivity index is 1.63. The Morgan fingerprint density at radius 1 is 1.39 bits per heavy atom. The lowest BCUT2D eigenvalue weighted by Crippen LogP contribution is -2.07. The van der Waals surface area contributed by atoms with Crippen molar-refractivity contribution in [1.82, 2.24) is 15.1 Å². The molecule has 0 aliphatic heterocycles. The fraction of sp³-hybridized carbons (Fsp3) is 0.500. The molecule has 7 nitrogen and oxygen atoms in total. The number of nitrogens with one attached hydrogen (secondary N) is 1. The van der Waals surface area contributed by atoms with Gasteiger partial charge in [0.15, 0.2) is 5.82 Å². The number of hydrogen-bond donors (Lipinski definition) is 2. The molecule has 0 amide bonds. The van der Waals surface area contributed by atoms with Crippen LogP contribution < -0.4 is 5.32 Å². The number of carboxylic acids is 1. The van der Waals surface area contributed by atoms with Crippen molar-refractivity contribution in [2.24, 2.45) is 5.92 Å². The van der Waals surface area contributed by atoms with Crippen LogP contribution in [0.3, 0.4) is 0 Å². The van der Waals surface area contributed by atoms with Crippen molar-refractivity contribution in [3.8, 4) is 0 Å². The Labute approximate surface area is 135 Å². The van der Waals surface area contributed by atoms with E-state index in [1.807, 2.05) is 25.1 Å². The molecule has 0 saturated carbocycles. The van der Waals surface area contributed by atoms with E-state index in [1.54, 1.807) is 6.20 Å². The van der Waals surface area contributed by atoms with Crippen LogP contribution in [-0.4, -0.2) is 32.7 Å². The molecule has 0 radical (unpaired) electrons. The summed E-state index contributed by atoms with van der Waals surface area (Å²) in [5.41, 5.74) is 0. The van der Waals surface area contributed by atoms with E-state index in [4.69, 9.17) is 9.63 Å². The summed E-state index contributed by atoms with van der Waals surface area (Å²) in [7, 11) is 0. The molecule has 23 heavy (non-hydrogen) atoms. The van der Waals surface area contributed by atoms with E-state index in [2.05, 4.69) is 20.4 Å². The Morgan fingerprint density at radius 3 is 3.00 bits per heavy atom. The van der Waals surface area contributed by atoms with E-state index >= 15 is 0 Å². The average molecular weight is 318 g/mol. The Bertz CT molecular complexity index is 600. The van der Waals surface area contributed by atoms with Gasteiger partial charge in [0.1, 0.15) is 5.82 Å². The molecule has 2 aromatic rings. The van der Waals surface area contributed by atoms with Crippen LogP contribution in [0.5, 0.6) is 0 Å². The molecule has 0 fully saturated rings. The maximum atomic E-state index is 10.6. The standard InChI is InChI=1S/C16H22N4O3/c1-12(11-16(21)22)10-15-19-14(20-23-15)7-3-5-9-18-13-6-2-4-8-17-13/h2,4,6,8,12H,3,5,7,9-11H2,1H3,(H,17,18)(H,21,22). The van der Waals surface area contributed by atoms with Crippen molar-refractivity contribution in [2.75, 3.05) is 11.9 Å². The molecule has 0 aliphatic rings. The molecular weight excluding hydrogens is 296 g/mol. The maximum absolute atomic E-state index is 10.6.